The third-order valence-electron chi connectivity index (χ3n) is 7.37. The summed E-state index contributed by atoms with van der Waals surface area (Å²) < 4.78 is 0. The molecular weight excluding hydrogens is 484 g/mol. The van der Waals surface area contributed by atoms with Crippen LogP contribution < -0.4 is 0 Å². The Balaban J connectivity index is 0.999. The van der Waals surface area contributed by atoms with Gasteiger partial charge < -0.3 is 0 Å². The fourth-order valence-electron chi connectivity index (χ4n) is 4.97. The maximum Gasteiger partial charge on any atom is 0.137 e. The molecule has 1 saturated carbocycles. The van der Waals surface area contributed by atoms with Crippen LogP contribution in [0.5, 0.6) is 0 Å². The number of Topliss-reactive ketones (excluding diaryl/α,β-unsaturated/α-hetero) is 2. The SMILES string of the molecule is O=C(CCc1ccc(CC2CC2Cc2ccc(CCC(=O)Cc3ccccc3)nn2)nn1)Cc1ccccc1. The second kappa shape index (κ2) is 13.1. The van der Waals surface area contributed by atoms with E-state index in [1.165, 1.54) is 0 Å². The van der Waals surface area contributed by atoms with Crippen LogP contribution in [0.3, 0.4) is 0 Å². The standard InChI is InChI=1S/C33H34N4O2/c38-32(19-24-7-3-1-4-8-24)17-15-28-11-13-30(36-34-28)22-26-21-27(26)23-31-14-12-29(35-37-31)16-18-33(39)20-25-9-5-2-6-10-25/h1-14,26-27H,15-23H2. The van der Waals surface area contributed by atoms with Crippen molar-refractivity contribution in [2.45, 2.75) is 57.8 Å². The van der Waals surface area contributed by atoms with Crippen LogP contribution in [0.15, 0.2) is 84.9 Å². The number of aromatic nitrogens is 4. The third-order valence-corrected chi connectivity index (χ3v) is 7.37. The van der Waals surface area contributed by atoms with Crippen LogP contribution in [-0.2, 0) is 48.1 Å². The van der Waals surface area contributed by atoms with Gasteiger partial charge in [0.25, 0.3) is 0 Å². The van der Waals surface area contributed by atoms with E-state index in [4.69, 9.17) is 0 Å². The fraction of sp³-hybridized carbons (Fsp3) is 0.333. The minimum absolute atomic E-state index is 0.223. The molecule has 1 fully saturated rings. The van der Waals surface area contributed by atoms with Crippen molar-refractivity contribution in [1.82, 2.24) is 20.4 Å². The van der Waals surface area contributed by atoms with E-state index in [9.17, 15) is 9.59 Å². The quantitative estimate of drug-likeness (QED) is 0.229. The molecule has 1 aliphatic rings. The summed E-state index contributed by atoms with van der Waals surface area (Å²) in [5.41, 5.74) is 5.84. The zero-order valence-corrected chi connectivity index (χ0v) is 22.2. The number of aryl methyl sites for hydroxylation is 2. The van der Waals surface area contributed by atoms with Crippen LogP contribution in [0.4, 0.5) is 0 Å². The molecule has 6 nitrogen and oxygen atoms in total. The fourth-order valence-corrected chi connectivity index (χ4v) is 4.97. The maximum absolute atomic E-state index is 12.3. The Morgan fingerprint density at radius 1 is 0.538 bits per heavy atom. The summed E-state index contributed by atoms with van der Waals surface area (Å²) in [5.74, 6) is 1.63. The molecule has 2 aromatic heterocycles. The minimum Gasteiger partial charge on any atom is -0.299 e. The highest BCUT2D eigenvalue weighted by Crippen LogP contribution is 2.42. The number of carbonyl (C=O) groups excluding carboxylic acids is 2. The predicted octanol–water partition coefficient (Wildman–Crippen LogP) is 5.18. The summed E-state index contributed by atoms with van der Waals surface area (Å²) >= 11 is 0. The van der Waals surface area contributed by atoms with Crippen molar-refractivity contribution in [3.63, 3.8) is 0 Å². The van der Waals surface area contributed by atoms with Crippen LogP contribution in [0, 0.1) is 11.8 Å². The van der Waals surface area contributed by atoms with Crippen molar-refractivity contribution >= 4 is 11.6 Å². The van der Waals surface area contributed by atoms with Crippen LogP contribution >= 0.6 is 0 Å². The lowest BCUT2D eigenvalue weighted by atomic mass is 10.0. The van der Waals surface area contributed by atoms with Gasteiger partial charge in [-0.2, -0.15) is 20.4 Å². The summed E-state index contributed by atoms with van der Waals surface area (Å²) in [4.78, 5) is 24.5. The van der Waals surface area contributed by atoms with Crippen molar-refractivity contribution in [2.75, 3.05) is 0 Å². The second-order valence-electron chi connectivity index (χ2n) is 10.6. The number of rotatable bonds is 14. The first kappa shape index (κ1) is 26.5. The Labute approximate surface area is 229 Å². The van der Waals surface area contributed by atoms with Crippen LogP contribution in [-0.4, -0.2) is 32.0 Å². The Morgan fingerprint density at radius 2 is 0.923 bits per heavy atom. The summed E-state index contributed by atoms with van der Waals surface area (Å²) in [6.45, 7) is 0. The van der Waals surface area contributed by atoms with Gasteiger partial charge in [0.05, 0.1) is 22.8 Å². The lowest BCUT2D eigenvalue weighted by Gasteiger charge is -2.04. The summed E-state index contributed by atoms with van der Waals surface area (Å²) in [6.07, 6.45) is 6.15. The number of nitrogens with zero attached hydrogens (tertiary/aromatic N) is 4. The third kappa shape index (κ3) is 8.47. The van der Waals surface area contributed by atoms with Gasteiger partial charge in [-0.05, 0) is 79.3 Å². The average molecular weight is 519 g/mol. The van der Waals surface area contributed by atoms with E-state index in [1.54, 1.807) is 0 Å². The van der Waals surface area contributed by atoms with E-state index in [2.05, 4.69) is 20.4 Å². The van der Waals surface area contributed by atoms with Gasteiger partial charge in [-0.1, -0.05) is 60.7 Å². The lowest BCUT2D eigenvalue weighted by Crippen LogP contribution is -2.07. The molecule has 2 atom stereocenters. The first-order valence-electron chi connectivity index (χ1n) is 13.8. The Bertz CT molecular complexity index is 1250. The Kier molecular flexibility index (Phi) is 8.94. The Hall–Kier alpha value is -4.06. The molecule has 0 spiro atoms. The van der Waals surface area contributed by atoms with Gasteiger partial charge in [0.1, 0.15) is 11.6 Å². The van der Waals surface area contributed by atoms with E-state index >= 15 is 0 Å². The van der Waals surface area contributed by atoms with E-state index < -0.39 is 0 Å². The van der Waals surface area contributed by atoms with Crippen molar-refractivity contribution in [3.05, 3.63) is 119 Å². The highest BCUT2D eigenvalue weighted by molar-refractivity contribution is 5.81. The molecule has 198 valence electrons. The lowest BCUT2D eigenvalue weighted by molar-refractivity contribution is -0.119. The van der Waals surface area contributed by atoms with Crippen molar-refractivity contribution in [1.29, 1.82) is 0 Å². The van der Waals surface area contributed by atoms with Crippen LogP contribution in [0.2, 0.25) is 0 Å². The van der Waals surface area contributed by atoms with Gasteiger partial charge in [-0.3, -0.25) is 9.59 Å². The summed E-state index contributed by atoms with van der Waals surface area (Å²) in [7, 11) is 0. The van der Waals surface area contributed by atoms with E-state index in [0.29, 0.717) is 50.4 Å². The van der Waals surface area contributed by atoms with Crippen LogP contribution in [0.1, 0.15) is 53.2 Å². The van der Waals surface area contributed by atoms with Gasteiger partial charge in [0.2, 0.25) is 0 Å². The molecule has 1 aliphatic carbocycles. The summed E-state index contributed by atoms with van der Waals surface area (Å²) in [5, 5.41) is 17.6. The van der Waals surface area contributed by atoms with Gasteiger partial charge in [-0.25, -0.2) is 0 Å². The molecule has 2 heterocycles. The topological polar surface area (TPSA) is 85.7 Å². The molecule has 0 amide bonds. The first-order chi connectivity index (χ1) is 19.1. The molecule has 4 aromatic rings. The highest BCUT2D eigenvalue weighted by atomic mass is 16.1. The van der Waals surface area contributed by atoms with Crippen molar-refractivity contribution in [3.8, 4) is 0 Å². The molecule has 0 radical (unpaired) electrons. The molecule has 0 aliphatic heterocycles. The number of benzene rings is 2. The molecular formula is C33H34N4O2. The van der Waals surface area contributed by atoms with E-state index in [1.807, 2.05) is 84.9 Å². The van der Waals surface area contributed by atoms with E-state index in [0.717, 1.165) is 53.2 Å². The molecule has 0 bridgehead atoms. The largest absolute Gasteiger partial charge is 0.299 e. The monoisotopic (exact) mass is 518 g/mol. The smallest absolute Gasteiger partial charge is 0.137 e. The zero-order chi connectivity index (χ0) is 26.9. The maximum atomic E-state index is 12.3. The summed E-state index contributed by atoms with van der Waals surface area (Å²) in [6, 6.07) is 27.8. The van der Waals surface area contributed by atoms with Crippen molar-refractivity contribution in [2.24, 2.45) is 11.8 Å². The second-order valence-corrected chi connectivity index (χ2v) is 10.6. The van der Waals surface area contributed by atoms with Gasteiger partial charge in [-0.15, -0.1) is 0 Å². The highest BCUT2D eigenvalue weighted by Gasteiger charge is 2.37. The Morgan fingerprint density at radius 3 is 1.31 bits per heavy atom. The average Bonchev–Trinajstić information content (AvgIpc) is 3.70. The molecule has 0 saturated heterocycles. The zero-order valence-electron chi connectivity index (χ0n) is 22.2. The molecule has 2 unspecified atom stereocenters. The van der Waals surface area contributed by atoms with E-state index in [-0.39, 0.29) is 11.6 Å². The number of carbonyl (C=O) groups is 2. The normalized spacial score (nSPS) is 16.1. The van der Waals surface area contributed by atoms with Gasteiger partial charge >= 0.3 is 0 Å². The number of hydrogen-bond acceptors (Lipinski definition) is 6. The number of ketones is 2. The predicted molar refractivity (Wildman–Crippen MR) is 150 cm³/mol. The van der Waals surface area contributed by atoms with Gasteiger partial charge in [0.15, 0.2) is 0 Å². The molecule has 2 aromatic carbocycles. The van der Waals surface area contributed by atoms with Gasteiger partial charge in [0, 0.05) is 25.7 Å². The molecule has 6 heteroatoms. The molecule has 39 heavy (non-hydrogen) atoms. The molecule has 0 N–H and O–H groups in total. The molecule has 5 rings (SSSR count). The number of hydrogen-bond donors (Lipinski definition) is 0. The first-order valence-corrected chi connectivity index (χ1v) is 13.8. The van der Waals surface area contributed by atoms with Crippen molar-refractivity contribution < 1.29 is 9.59 Å². The minimum atomic E-state index is 0.223. The van der Waals surface area contributed by atoms with Crippen LogP contribution in [0.25, 0.3) is 0 Å².